The zero-order chi connectivity index (χ0) is 13.4. The maximum atomic E-state index is 3.80. The van der Waals surface area contributed by atoms with Crippen LogP contribution in [0.25, 0.3) is 0 Å². The topological polar surface area (TPSA) is 15.3 Å². The van der Waals surface area contributed by atoms with E-state index in [1.165, 1.54) is 58.0 Å². The lowest BCUT2D eigenvalue weighted by molar-refractivity contribution is 0.130. The van der Waals surface area contributed by atoms with E-state index in [1.807, 2.05) is 0 Å². The van der Waals surface area contributed by atoms with Gasteiger partial charge in [-0.15, -0.1) is 0 Å². The molecule has 3 unspecified atom stereocenters. The van der Waals surface area contributed by atoms with Gasteiger partial charge in [0.1, 0.15) is 0 Å². The summed E-state index contributed by atoms with van der Waals surface area (Å²) in [4.78, 5) is 2.81. The molecule has 1 fully saturated rings. The van der Waals surface area contributed by atoms with E-state index >= 15 is 0 Å². The molecule has 0 spiro atoms. The Balaban J connectivity index is 2.64. The Morgan fingerprint density at radius 3 is 2.50 bits per heavy atom. The van der Waals surface area contributed by atoms with Crippen molar-refractivity contribution in [2.75, 3.05) is 13.1 Å². The number of rotatable bonds is 9. The summed E-state index contributed by atoms with van der Waals surface area (Å²) in [5, 5.41) is 3.80. The number of hydrogen-bond donors (Lipinski definition) is 1. The van der Waals surface area contributed by atoms with E-state index in [4.69, 9.17) is 0 Å². The SMILES string of the molecule is CCCNC(CCC)C(CC)N1CCCC1CC. The van der Waals surface area contributed by atoms with Crippen molar-refractivity contribution in [3.05, 3.63) is 0 Å². The molecule has 0 aromatic heterocycles. The second-order valence-corrected chi connectivity index (χ2v) is 5.77. The quantitative estimate of drug-likeness (QED) is 0.673. The second-order valence-electron chi connectivity index (χ2n) is 5.77. The van der Waals surface area contributed by atoms with Crippen molar-refractivity contribution in [2.24, 2.45) is 0 Å². The van der Waals surface area contributed by atoms with Crippen molar-refractivity contribution in [3.63, 3.8) is 0 Å². The van der Waals surface area contributed by atoms with Crippen LogP contribution in [0.3, 0.4) is 0 Å². The fraction of sp³-hybridized carbons (Fsp3) is 1.00. The Morgan fingerprint density at radius 2 is 1.94 bits per heavy atom. The summed E-state index contributed by atoms with van der Waals surface area (Å²) in [6, 6.07) is 2.30. The van der Waals surface area contributed by atoms with E-state index in [-0.39, 0.29) is 0 Å². The van der Waals surface area contributed by atoms with Gasteiger partial charge < -0.3 is 5.32 Å². The van der Waals surface area contributed by atoms with Gasteiger partial charge in [-0.3, -0.25) is 4.90 Å². The minimum atomic E-state index is 0.701. The van der Waals surface area contributed by atoms with Gasteiger partial charge in [0.2, 0.25) is 0 Å². The van der Waals surface area contributed by atoms with Crippen LogP contribution in [0.1, 0.15) is 72.6 Å². The molecular formula is C16H34N2. The largest absolute Gasteiger partial charge is 0.312 e. The molecular weight excluding hydrogens is 220 g/mol. The van der Waals surface area contributed by atoms with Crippen LogP contribution < -0.4 is 5.32 Å². The summed E-state index contributed by atoms with van der Waals surface area (Å²) in [6.07, 6.45) is 9.30. The smallest absolute Gasteiger partial charge is 0.0249 e. The molecule has 2 nitrogen and oxygen atoms in total. The van der Waals surface area contributed by atoms with E-state index in [9.17, 15) is 0 Å². The zero-order valence-corrected chi connectivity index (χ0v) is 13.0. The van der Waals surface area contributed by atoms with Gasteiger partial charge in [0.25, 0.3) is 0 Å². The molecule has 1 aliphatic heterocycles. The Hall–Kier alpha value is -0.0800. The van der Waals surface area contributed by atoms with Gasteiger partial charge in [-0.25, -0.2) is 0 Å². The average Bonchev–Trinajstić information content (AvgIpc) is 2.85. The minimum Gasteiger partial charge on any atom is -0.312 e. The molecule has 1 rings (SSSR count). The van der Waals surface area contributed by atoms with Gasteiger partial charge >= 0.3 is 0 Å². The fourth-order valence-corrected chi connectivity index (χ4v) is 3.55. The van der Waals surface area contributed by atoms with Crippen molar-refractivity contribution < 1.29 is 0 Å². The highest BCUT2D eigenvalue weighted by atomic mass is 15.2. The standard InChI is InChI=1S/C16H34N2/c1-5-10-15(17-12-6-2)16(8-4)18-13-9-11-14(18)7-3/h14-17H,5-13H2,1-4H3. The molecule has 0 radical (unpaired) electrons. The van der Waals surface area contributed by atoms with E-state index in [0.717, 1.165) is 12.1 Å². The fourth-order valence-electron chi connectivity index (χ4n) is 3.55. The van der Waals surface area contributed by atoms with Crippen LogP contribution in [-0.2, 0) is 0 Å². The normalized spacial score (nSPS) is 24.3. The van der Waals surface area contributed by atoms with E-state index < -0.39 is 0 Å². The Kier molecular flexibility index (Phi) is 7.92. The van der Waals surface area contributed by atoms with Crippen LogP contribution in [0.5, 0.6) is 0 Å². The average molecular weight is 254 g/mol. The van der Waals surface area contributed by atoms with Crippen molar-refractivity contribution in [1.82, 2.24) is 10.2 Å². The number of nitrogens with zero attached hydrogens (tertiary/aromatic N) is 1. The summed E-state index contributed by atoms with van der Waals surface area (Å²) >= 11 is 0. The first-order valence-corrected chi connectivity index (χ1v) is 8.27. The molecule has 1 N–H and O–H groups in total. The van der Waals surface area contributed by atoms with Gasteiger partial charge in [0.15, 0.2) is 0 Å². The Bertz CT molecular complexity index is 205. The highest BCUT2D eigenvalue weighted by molar-refractivity contribution is 4.90. The number of nitrogens with one attached hydrogen (secondary N) is 1. The van der Waals surface area contributed by atoms with Crippen LogP contribution in [0, 0.1) is 0 Å². The van der Waals surface area contributed by atoms with Crippen LogP contribution >= 0.6 is 0 Å². The third-order valence-electron chi connectivity index (χ3n) is 4.46. The van der Waals surface area contributed by atoms with Crippen molar-refractivity contribution in [1.29, 1.82) is 0 Å². The zero-order valence-electron chi connectivity index (χ0n) is 13.0. The number of likely N-dealkylation sites (tertiary alicyclic amines) is 1. The lowest BCUT2D eigenvalue weighted by Crippen LogP contribution is -2.51. The highest BCUT2D eigenvalue weighted by Gasteiger charge is 2.32. The minimum absolute atomic E-state index is 0.701. The molecule has 0 aromatic rings. The van der Waals surface area contributed by atoms with E-state index in [2.05, 4.69) is 37.9 Å². The molecule has 108 valence electrons. The highest BCUT2D eigenvalue weighted by Crippen LogP contribution is 2.26. The molecule has 0 amide bonds. The van der Waals surface area contributed by atoms with Crippen molar-refractivity contribution in [2.45, 2.75) is 90.8 Å². The maximum Gasteiger partial charge on any atom is 0.0249 e. The van der Waals surface area contributed by atoms with E-state index in [1.54, 1.807) is 0 Å². The molecule has 0 saturated carbocycles. The Labute approximate surface area is 115 Å². The monoisotopic (exact) mass is 254 g/mol. The van der Waals surface area contributed by atoms with Gasteiger partial charge in [0, 0.05) is 18.1 Å². The summed E-state index contributed by atoms with van der Waals surface area (Å²) < 4.78 is 0. The second kappa shape index (κ2) is 8.92. The first kappa shape index (κ1) is 16.0. The van der Waals surface area contributed by atoms with Crippen molar-refractivity contribution >= 4 is 0 Å². The predicted molar refractivity (Wildman–Crippen MR) is 81.1 cm³/mol. The first-order chi connectivity index (χ1) is 8.78. The Morgan fingerprint density at radius 1 is 1.17 bits per heavy atom. The molecule has 2 heteroatoms. The summed E-state index contributed by atoms with van der Waals surface area (Å²) in [7, 11) is 0. The van der Waals surface area contributed by atoms with Crippen LogP contribution in [-0.4, -0.2) is 36.1 Å². The van der Waals surface area contributed by atoms with Crippen molar-refractivity contribution in [3.8, 4) is 0 Å². The molecule has 0 aliphatic carbocycles. The summed E-state index contributed by atoms with van der Waals surface area (Å²) in [5.74, 6) is 0. The van der Waals surface area contributed by atoms with Gasteiger partial charge in [-0.1, -0.05) is 34.1 Å². The van der Waals surface area contributed by atoms with Crippen LogP contribution in [0.2, 0.25) is 0 Å². The molecule has 1 saturated heterocycles. The predicted octanol–water partition coefficient (Wildman–Crippen LogP) is 3.81. The first-order valence-electron chi connectivity index (χ1n) is 8.27. The molecule has 18 heavy (non-hydrogen) atoms. The number of hydrogen-bond acceptors (Lipinski definition) is 2. The molecule has 3 atom stereocenters. The molecule has 0 aromatic carbocycles. The van der Waals surface area contributed by atoms with Gasteiger partial charge in [0.05, 0.1) is 0 Å². The lowest BCUT2D eigenvalue weighted by atomic mass is 9.97. The molecule has 0 bridgehead atoms. The van der Waals surface area contributed by atoms with Gasteiger partial charge in [-0.05, 0) is 51.6 Å². The lowest BCUT2D eigenvalue weighted by Gasteiger charge is -2.38. The van der Waals surface area contributed by atoms with Crippen LogP contribution in [0.4, 0.5) is 0 Å². The summed E-state index contributed by atoms with van der Waals surface area (Å²) in [6.45, 7) is 11.8. The summed E-state index contributed by atoms with van der Waals surface area (Å²) in [5.41, 5.74) is 0. The van der Waals surface area contributed by atoms with Gasteiger partial charge in [-0.2, -0.15) is 0 Å². The molecule has 1 heterocycles. The van der Waals surface area contributed by atoms with Crippen LogP contribution in [0.15, 0.2) is 0 Å². The van der Waals surface area contributed by atoms with E-state index in [0.29, 0.717) is 6.04 Å². The maximum absolute atomic E-state index is 3.80. The third kappa shape index (κ3) is 4.24. The third-order valence-corrected chi connectivity index (χ3v) is 4.46. The molecule has 1 aliphatic rings.